The zero-order valence-corrected chi connectivity index (χ0v) is 24.8. The number of amidine groups is 1. The van der Waals surface area contributed by atoms with E-state index in [0.29, 0.717) is 69.4 Å². The highest BCUT2D eigenvalue weighted by molar-refractivity contribution is 5.99. The Labute approximate surface area is 259 Å². The van der Waals surface area contributed by atoms with E-state index in [1.807, 2.05) is 30.3 Å². The molecule has 5 aromatic rings. The Balaban J connectivity index is 1.72. The number of rotatable bonds is 13. The number of carbonyl (C=O) groups excluding carboxylic acids is 1. The molecule has 0 aliphatic rings. The number of nitrogen functional groups attached to an aromatic ring is 1. The molecule has 11 nitrogen and oxygen atoms in total. The Morgan fingerprint density at radius 1 is 0.933 bits per heavy atom. The van der Waals surface area contributed by atoms with Gasteiger partial charge < -0.3 is 34.4 Å². The van der Waals surface area contributed by atoms with Crippen LogP contribution >= 0.6 is 0 Å². The lowest BCUT2D eigenvalue weighted by Gasteiger charge is -2.19. The summed E-state index contributed by atoms with van der Waals surface area (Å²) in [6.45, 7) is 0.847. The number of hydrogen-bond donors (Lipinski definition) is 3. The summed E-state index contributed by atoms with van der Waals surface area (Å²) in [6, 6.07) is 25.2. The Morgan fingerprint density at radius 3 is 2.47 bits per heavy atom. The fraction of sp³-hybridized carbons (Fsp3) is 0.176. The SMILES string of the molecule is COCCOCOc1ccc(C#N)cc1-c1cc(C(=O)OC)cc(-c2nc3ccc(C(=N)N)cc3[nH]2)c1OCc1ccccc1. The van der Waals surface area contributed by atoms with E-state index < -0.39 is 5.97 Å². The van der Waals surface area contributed by atoms with Crippen LogP contribution in [-0.2, 0) is 20.8 Å². The Hall–Kier alpha value is -5.70. The number of nitrogens with two attached hydrogens (primary N) is 1. The number of esters is 1. The normalized spacial score (nSPS) is 10.8. The quantitative estimate of drug-likeness (QED) is 0.0522. The largest absolute Gasteiger partial charge is 0.487 e. The van der Waals surface area contributed by atoms with Crippen molar-refractivity contribution in [3.63, 3.8) is 0 Å². The number of ether oxygens (including phenoxy) is 5. The summed E-state index contributed by atoms with van der Waals surface area (Å²) >= 11 is 0. The van der Waals surface area contributed by atoms with E-state index in [2.05, 4.69) is 11.1 Å². The lowest BCUT2D eigenvalue weighted by Crippen LogP contribution is -2.10. The van der Waals surface area contributed by atoms with Gasteiger partial charge in [-0.2, -0.15) is 5.26 Å². The van der Waals surface area contributed by atoms with Gasteiger partial charge >= 0.3 is 5.97 Å². The molecule has 0 amide bonds. The van der Waals surface area contributed by atoms with Crippen LogP contribution in [0.1, 0.15) is 27.0 Å². The molecule has 0 unspecified atom stereocenters. The minimum Gasteiger partial charge on any atom is -0.487 e. The van der Waals surface area contributed by atoms with Crippen LogP contribution in [0.5, 0.6) is 11.5 Å². The van der Waals surface area contributed by atoms with Crippen molar-refractivity contribution < 1.29 is 28.5 Å². The predicted octanol–water partition coefficient (Wildman–Crippen LogP) is 5.42. The summed E-state index contributed by atoms with van der Waals surface area (Å²) < 4.78 is 28.2. The van der Waals surface area contributed by atoms with Gasteiger partial charge in [-0.1, -0.05) is 30.3 Å². The highest BCUT2D eigenvalue weighted by Crippen LogP contribution is 2.44. The second-order valence-corrected chi connectivity index (χ2v) is 9.88. The minimum absolute atomic E-state index is 0.0753. The molecule has 4 N–H and O–H groups in total. The summed E-state index contributed by atoms with van der Waals surface area (Å²) in [7, 11) is 2.88. The van der Waals surface area contributed by atoms with Crippen LogP contribution in [0.3, 0.4) is 0 Å². The number of imidazole rings is 1. The molecule has 5 rings (SSSR count). The highest BCUT2D eigenvalue weighted by Gasteiger charge is 2.24. The van der Waals surface area contributed by atoms with Gasteiger partial charge in [0.05, 0.1) is 54.1 Å². The van der Waals surface area contributed by atoms with Gasteiger partial charge in [-0.05, 0) is 54.1 Å². The maximum atomic E-state index is 13.0. The molecule has 228 valence electrons. The molecular formula is C34H31N5O6. The van der Waals surface area contributed by atoms with Crippen molar-refractivity contribution >= 4 is 22.8 Å². The number of carbonyl (C=O) groups is 1. The number of H-pyrrole nitrogens is 1. The van der Waals surface area contributed by atoms with E-state index in [1.54, 1.807) is 55.6 Å². The lowest BCUT2D eigenvalue weighted by molar-refractivity contribution is -0.00822. The highest BCUT2D eigenvalue weighted by atomic mass is 16.7. The second-order valence-electron chi connectivity index (χ2n) is 9.88. The van der Waals surface area contributed by atoms with Gasteiger partial charge in [0, 0.05) is 23.8 Å². The van der Waals surface area contributed by atoms with Crippen LogP contribution in [0.15, 0.2) is 78.9 Å². The molecule has 0 atom stereocenters. The third-order valence-corrected chi connectivity index (χ3v) is 6.91. The first-order valence-electron chi connectivity index (χ1n) is 13.9. The van der Waals surface area contributed by atoms with Crippen molar-refractivity contribution in [1.29, 1.82) is 10.7 Å². The number of nitrogens with one attached hydrogen (secondary N) is 2. The molecule has 0 aliphatic heterocycles. The zero-order valence-electron chi connectivity index (χ0n) is 24.8. The number of methoxy groups -OCH3 is 2. The van der Waals surface area contributed by atoms with E-state index in [4.69, 9.17) is 39.8 Å². The average Bonchev–Trinajstić information content (AvgIpc) is 3.50. The number of hydrogen-bond acceptors (Lipinski definition) is 9. The molecule has 0 bridgehead atoms. The number of fused-ring (bicyclic) bond motifs is 1. The van der Waals surface area contributed by atoms with E-state index in [-0.39, 0.29) is 24.8 Å². The van der Waals surface area contributed by atoms with Crippen molar-refractivity contribution in [2.45, 2.75) is 6.61 Å². The van der Waals surface area contributed by atoms with Crippen molar-refractivity contribution in [3.05, 3.63) is 101 Å². The first-order chi connectivity index (χ1) is 21.9. The van der Waals surface area contributed by atoms with Crippen LogP contribution in [0.25, 0.3) is 33.5 Å². The van der Waals surface area contributed by atoms with Crippen molar-refractivity contribution in [2.24, 2.45) is 5.73 Å². The number of benzene rings is 4. The second kappa shape index (κ2) is 14.2. The minimum atomic E-state index is -0.580. The summed E-state index contributed by atoms with van der Waals surface area (Å²) in [5.41, 5.74) is 10.5. The van der Waals surface area contributed by atoms with Crippen molar-refractivity contribution in [1.82, 2.24) is 9.97 Å². The molecule has 1 aromatic heterocycles. The molecule has 0 fully saturated rings. The molecule has 45 heavy (non-hydrogen) atoms. The Bertz CT molecular complexity index is 1880. The molecule has 11 heteroatoms. The number of aromatic nitrogens is 2. The predicted molar refractivity (Wildman–Crippen MR) is 168 cm³/mol. The fourth-order valence-corrected chi connectivity index (χ4v) is 4.67. The monoisotopic (exact) mass is 605 g/mol. The van der Waals surface area contributed by atoms with Gasteiger partial charge in [0.15, 0.2) is 6.79 Å². The molecule has 0 aliphatic carbocycles. The lowest BCUT2D eigenvalue weighted by atomic mass is 9.95. The molecule has 0 radical (unpaired) electrons. The van der Waals surface area contributed by atoms with E-state index in [0.717, 1.165) is 5.56 Å². The van der Waals surface area contributed by atoms with Gasteiger partial charge in [0.1, 0.15) is 29.8 Å². The van der Waals surface area contributed by atoms with Crippen LogP contribution < -0.4 is 15.2 Å². The maximum absolute atomic E-state index is 13.0. The van der Waals surface area contributed by atoms with Crippen molar-refractivity contribution in [2.75, 3.05) is 34.2 Å². The first kappa shape index (κ1) is 30.7. The van der Waals surface area contributed by atoms with Gasteiger partial charge in [0.25, 0.3) is 0 Å². The first-order valence-corrected chi connectivity index (χ1v) is 13.9. The summed E-state index contributed by atoms with van der Waals surface area (Å²) in [5, 5.41) is 17.6. The molecule has 4 aromatic carbocycles. The summed E-state index contributed by atoms with van der Waals surface area (Å²) in [5.74, 6) is 0.537. The molecule has 0 spiro atoms. The number of aromatic amines is 1. The van der Waals surface area contributed by atoms with Crippen molar-refractivity contribution in [3.8, 4) is 40.1 Å². The third kappa shape index (κ3) is 7.10. The maximum Gasteiger partial charge on any atom is 0.337 e. The molecule has 0 saturated heterocycles. The van der Waals surface area contributed by atoms with Crippen LogP contribution in [-0.4, -0.2) is 56.0 Å². The molecule has 0 saturated carbocycles. The van der Waals surface area contributed by atoms with E-state index >= 15 is 0 Å². The van der Waals surface area contributed by atoms with Gasteiger partial charge in [-0.25, -0.2) is 9.78 Å². The third-order valence-electron chi connectivity index (χ3n) is 6.91. The topological polar surface area (TPSA) is 166 Å². The zero-order chi connectivity index (χ0) is 31.8. The van der Waals surface area contributed by atoms with Gasteiger partial charge in [0.2, 0.25) is 0 Å². The van der Waals surface area contributed by atoms with Gasteiger partial charge in [-0.3, -0.25) is 5.41 Å². The molecular weight excluding hydrogens is 574 g/mol. The van der Waals surface area contributed by atoms with Crippen LogP contribution in [0.4, 0.5) is 0 Å². The summed E-state index contributed by atoms with van der Waals surface area (Å²) in [6.07, 6.45) is 0. The van der Waals surface area contributed by atoms with E-state index in [9.17, 15) is 10.1 Å². The van der Waals surface area contributed by atoms with Crippen LogP contribution in [0.2, 0.25) is 0 Å². The van der Waals surface area contributed by atoms with Crippen LogP contribution in [0, 0.1) is 16.7 Å². The molecule has 1 heterocycles. The fourth-order valence-electron chi connectivity index (χ4n) is 4.67. The Kier molecular flexibility index (Phi) is 9.69. The Morgan fingerprint density at radius 2 is 1.73 bits per heavy atom. The van der Waals surface area contributed by atoms with E-state index in [1.165, 1.54) is 7.11 Å². The number of nitrogens with zero attached hydrogens (tertiary/aromatic N) is 2. The summed E-state index contributed by atoms with van der Waals surface area (Å²) in [4.78, 5) is 21.1. The standard InChI is InChI=1S/C34H31N5O6/c1-41-12-13-43-20-45-30-11-8-22(18-35)14-25(30)26-15-24(34(40)42-2)16-27(31(26)44-19-21-6-4-3-5-7-21)33-38-28-10-9-23(32(36)37)17-29(28)39-33/h3-11,14-17H,12-13,19-20H2,1-2H3,(H3,36,37)(H,38,39). The average molecular weight is 606 g/mol. The van der Waals surface area contributed by atoms with Gasteiger partial charge in [-0.15, -0.1) is 0 Å². The smallest absolute Gasteiger partial charge is 0.337 e. The number of nitriles is 1.